The molecular weight excluding hydrogens is 877 g/mol. The highest BCUT2D eigenvalue weighted by Crippen LogP contribution is 2.83. The van der Waals surface area contributed by atoms with Gasteiger partial charge in [0, 0.05) is 47.5 Å². The van der Waals surface area contributed by atoms with Gasteiger partial charge in [0.15, 0.2) is 11.9 Å². The highest BCUT2D eigenvalue weighted by atomic mass is 16.7. The molecule has 376 valence electrons. The second-order valence-electron chi connectivity index (χ2n) is 24.3. The van der Waals surface area contributed by atoms with Crippen LogP contribution in [0.1, 0.15) is 140 Å². The SMILES string of the molecule is CC1(C2CCCCC2)OC2CC(=O)OCC23C1C(=O)C(O)C1(C2CCCC(Cc4ccccc4)C2)C3CCC2(C)C(c3ccoc3CC(C(O)CO)C3CCC(C4CNCN4)CC3)OC(=O)C3OC321. The Hall–Kier alpha value is -3.17. The second kappa shape index (κ2) is 17.5. The minimum atomic E-state index is -1.46. The molecule has 10 aliphatic rings. The number of nitrogens with one attached hydrogen (secondary N) is 2. The van der Waals surface area contributed by atoms with E-state index in [4.69, 9.17) is 23.4 Å². The number of esters is 2. The Labute approximate surface area is 406 Å². The normalized spacial score (nSPS) is 46.0. The number of fused-ring (bicyclic) bond motifs is 1. The first-order valence-electron chi connectivity index (χ1n) is 27.2. The lowest BCUT2D eigenvalue weighted by molar-refractivity contribution is -0.277. The Bertz CT molecular complexity index is 2250. The number of epoxide rings is 1. The smallest absolute Gasteiger partial charge is 0.339 e. The lowest BCUT2D eigenvalue weighted by Crippen LogP contribution is -2.79. The molecule has 5 saturated carbocycles. The molecule has 1 aromatic heterocycles. The van der Waals surface area contributed by atoms with Crippen LogP contribution in [0, 0.1) is 63.6 Å². The van der Waals surface area contributed by atoms with E-state index >= 15 is 4.79 Å². The van der Waals surface area contributed by atoms with Gasteiger partial charge in [0.05, 0.1) is 43.0 Å². The predicted octanol–water partition coefficient (Wildman–Crippen LogP) is 6.54. The number of benzene rings is 1. The first kappa shape index (κ1) is 46.9. The van der Waals surface area contributed by atoms with E-state index in [1.165, 1.54) is 5.56 Å². The fraction of sp³-hybridized carbons (Fsp3) is 0.768. The predicted molar refractivity (Wildman–Crippen MR) is 252 cm³/mol. The summed E-state index contributed by atoms with van der Waals surface area (Å²) < 4.78 is 33.8. The van der Waals surface area contributed by atoms with Crippen molar-refractivity contribution in [2.75, 3.05) is 26.4 Å². The van der Waals surface area contributed by atoms with Crippen molar-refractivity contribution in [2.45, 2.75) is 177 Å². The van der Waals surface area contributed by atoms with E-state index in [0.29, 0.717) is 37.0 Å². The number of carbonyl (C=O) groups excluding carboxylic acids is 3. The first-order chi connectivity index (χ1) is 33.4. The molecule has 2 spiro atoms. The molecule has 1 aromatic carbocycles. The Morgan fingerprint density at radius 3 is 2.41 bits per heavy atom. The maximum absolute atomic E-state index is 16.2. The molecule has 0 amide bonds. The second-order valence-corrected chi connectivity index (χ2v) is 24.3. The fourth-order valence-corrected chi connectivity index (χ4v) is 18.6. The number of Topliss-reactive ketones (excluding diaryl/α,β-unsaturated/α-hetero) is 1. The minimum absolute atomic E-state index is 0.0380. The molecule has 69 heavy (non-hydrogen) atoms. The highest BCUT2D eigenvalue weighted by Gasteiger charge is 2.93. The third-order valence-corrected chi connectivity index (χ3v) is 21.5. The van der Waals surface area contributed by atoms with Crippen LogP contribution in [0.15, 0.2) is 47.1 Å². The summed E-state index contributed by atoms with van der Waals surface area (Å²) in [4.78, 5) is 44.7. The maximum atomic E-state index is 16.2. The average Bonchev–Trinajstić information content (AvgIpc) is 3.62. The number of aliphatic hydroxyl groups is 3. The zero-order valence-electron chi connectivity index (χ0n) is 40.8. The van der Waals surface area contributed by atoms with Crippen LogP contribution in [0.5, 0.6) is 0 Å². The van der Waals surface area contributed by atoms with Crippen LogP contribution in [-0.4, -0.2) is 101 Å². The number of cyclic esters (lactones) is 2. The van der Waals surface area contributed by atoms with Gasteiger partial charge < -0.3 is 49.3 Å². The van der Waals surface area contributed by atoms with Gasteiger partial charge in [-0.15, -0.1) is 0 Å². The number of furan rings is 1. The summed E-state index contributed by atoms with van der Waals surface area (Å²) in [5.41, 5.74) is -3.31. The summed E-state index contributed by atoms with van der Waals surface area (Å²) in [6, 6.07) is 12.9. The maximum Gasteiger partial charge on any atom is 0.339 e. The summed E-state index contributed by atoms with van der Waals surface area (Å²) in [6.45, 7) is 5.72. The van der Waals surface area contributed by atoms with Gasteiger partial charge in [-0.05, 0) is 131 Å². The van der Waals surface area contributed by atoms with Gasteiger partial charge >= 0.3 is 11.9 Å². The minimum Gasteiger partial charge on any atom is -0.469 e. The van der Waals surface area contributed by atoms with E-state index < -0.39 is 69.9 Å². The standard InChI is InChI=1S/C56H76N2O11/c1-52-22-20-43-54-30-66-45(61)27-44(54)68-53(2,36-13-7-4-8-14-36)47(54)46(62)48(63)55(43,37-15-9-12-33(25-37)24-32-10-5-3-6-11-32)56(52)50(69-56)51(64)67-49(52)38-21-23-65-42(38)26-39(41(60)29-59)34-16-18-35(19-17-34)40-28-57-31-58-40/h3,5-6,10-11,21,23,33-37,39-41,43-44,47-50,57-60,63H,4,7-9,12-20,22,24-31H2,1-2H3. The van der Waals surface area contributed by atoms with Crippen LogP contribution >= 0.6 is 0 Å². The quantitative estimate of drug-likeness (QED) is 0.121. The Balaban J connectivity index is 0.956. The average molecular weight is 953 g/mol. The van der Waals surface area contributed by atoms with Gasteiger partial charge in [0.2, 0.25) is 0 Å². The number of ketones is 1. The molecule has 5 aliphatic carbocycles. The first-order valence-corrected chi connectivity index (χ1v) is 27.2. The van der Waals surface area contributed by atoms with Crippen molar-refractivity contribution >= 4 is 17.7 Å². The van der Waals surface area contributed by atoms with Gasteiger partial charge in [0.25, 0.3) is 0 Å². The summed E-state index contributed by atoms with van der Waals surface area (Å²) in [5, 5.41) is 42.8. The monoisotopic (exact) mass is 953 g/mol. The van der Waals surface area contributed by atoms with E-state index in [1.54, 1.807) is 6.26 Å². The zero-order chi connectivity index (χ0) is 47.5. The van der Waals surface area contributed by atoms with Crippen molar-refractivity contribution in [2.24, 2.45) is 63.6 Å². The molecule has 16 atom stereocenters. The third kappa shape index (κ3) is 6.81. The largest absolute Gasteiger partial charge is 0.469 e. The van der Waals surface area contributed by atoms with Crippen LogP contribution in [0.3, 0.4) is 0 Å². The molecule has 12 rings (SSSR count). The molecule has 5 N–H and O–H groups in total. The molecule has 5 aliphatic heterocycles. The highest BCUT2D eigenvalue weighted by molar-refractivity contribution is 5.92. The van der Waals surface area contributed by atoms with Gasteiger partial charge in [-0.25, -0.2) is 4.79 Å². The van der Waals surface area contributed by atoms with Crippen molar-refractivity contribution in [1.29, 1.82) is 0 Å². The summed E-state index contributed by atoms with van der Waals surface area (Å²) in [7, 11) is 0. The Morgan fingerprint density at radius 2 is 1.65 bits per heavy atom. The number of ether oxygens (including phenoxy) is 4. The number of carbonyl (C=O) groups is 3. The number of hydrogen-bond donors (Lipinski definition) is 5. The fourth-order valence-electron chi connectivity index (χ4n) is 18.6. The molecule has 13 nitrogen and oxygen atoms in total. The van der Waals surface area contributed by atoms with Crippen LogP contribution in [0.25, 0.3) is 0 Å². The van der Waals surface area contributed by atoms with Crippen molar-refractivity contribution < 1.29 is 53.1 Å². The van der Waals surface area contributed by atoms with E-state index in [-0.39, 0.29) is 66.9 Å². The molecule has 2 aromatic rings. The Morgan fingerprint density at radius 1 is 0.870 bits per heavy atom. The van der Waals surface area contributed by atoms with E-state index in [0.717, 1.165) is 109 Å². The Kier molecular flexibility index (Phi) is 11.9. The molecule has 5 saturated heterocycles. The van der Waals surface area contributed by atoms with Crippen LogP contribution < -0.4 is 10.6 Å². The molecule has 10 fully saturated rings. The topological polar surface area (TPSA) is 189 Å². The zero-order valence-corrected chi connectivity index (χ0v) is 40.8. The van der Waals surface area contributed by atoms with E-state index in [2.05, 4.69) is 48.7 Å². The van der Waals surface area contributed by atoms with Crippen molar-refractivity contribution in [3.63, 3.8) is 0 Å². The summed E-state index contributed by atoms with van der Waals surface area (Å²) in [5.74, 6) is -0.903. The third-order valence-electron chi connectivity index (χ3n) is 21.5. The van der Waals surface area contributed by atoms with Crippen molar-refractivity contribution in [1.82, 2.24) is 10.6 Å². The van der Waals surface area contributed by atoms with Gasteiger partial charge in [0.1, 0.15) is 30.2 Å². The number of aliphatic hydroxyl groups excluding tert-OH is 3. The molecule has 13 heteroatoms. The molecule has 16 unspecified atom stereocenters. The molecular formula is C56H76N2O11. The summed E-state index contributed by atoms with van der Waals surface area (Å²) >= 11 is 0. The molecule has 6 heterocycles. The van der Waals surface area contributed by atoms with Crippen LogP contribution in [-0.2, 0) is 46.2 Å². The lowest BCUT2D eigenvalue weighted by Gasteiger charge is -2.70. The number of rotatable bonds is 11. The molecule has 0 radical (unpaired) electrons. The van der Waals surface area contributed by atoms with Crippen molar-refractivity contribution in [3.8, 4) is 0 Å². The van der Waals surface area contributed by atoms with Gasteiger partial charge in [-0.1, -0.05) is 69.4 Å². The van der Waals surface area contributed by atoms with Gasteiger partial charge in [-0.3, -0.25) is 9.59 Å². The van der Waals surface area contributed by atoms with Crippen LogP contribution in [0.4, 0.5) is 0 Å². The van der Waals surface area contributed by atoms with Crippen LogP contribution in [0.2, 0.25) is 0 Å². The van der Waals surface area contributed by atoms with E-state index in [9.17, 15) is 24.9 Å². The van der Waals surface area contributed by atoms with E-state index in [1.807, 2.05) is 12.1 Å². The lowest BCUT2D eigenvalue weighted by atomic mass is 9.32. The number of hydrogen-bond acceptors (Lipinski definition) is 13. The van der Waals surface area contributed by atoms with Gasteiger partial charge in [-0.2, -0.15) is 0 Å². The van der Waals surface area contributed by atoms with Crippen molar-refractivity contribution in [3.05, 3.63) is 59.5 Å². The molecule has 0 bridgehead atoms. The summed E-state index contributed by atoms with van der Waals surface area (Å²) in [6.07, 6.45) is 11.7.